The highest BCUT2D eigenvalue weighted by atomic mass is 16.3. The third-order valence-electron chi connectivity index (χ3n) is 2.50. The van der Waals surface area contributed by atoms with E-state index in [2.05, 4.69) is 19.9 Å². The Bertz CT molecular complexity index is 458. The van der Waals surface area contributed by atoms with Gasteiger partial charge in [0.05, 0.1) is 0 Å². The molecule has 0 atom stereocenters. The summed E-state index contributed by atoms with van der Waals surface area (Å²) in [6, 6.07) is 11.8. The number of aromatic hydroxyl groups is 1. The van der Waals surface area contributed by atoms with Crippen LogP contribution in [0, 0.1) is 0 Å². The Hall–Kier alpha value is -1.50. The zero-order valence-corrected chi connectivity index (χ0v) is 10.5. The zero-order valence-electron chi connectivity index (χ0n) is 10.5. The molecule has 2 aromatic rings. The minimum absolute atomic E-state index is 0.354. The van der Waals surface area contributed by atoms with Crippen molar-refractivity contribution < 1.29 is 5.11 Å². The van der Waals surface area contributed by atoms with Gasteiger partial charge in [-0.05, 0) is 34.4 Å². The number of phenols is 1. The number of phenolic OH excluding ortho intramolecular Hbond substituents is 1. The maximum absolute atomic E-state index is 9.56. The second kappa shape index (κ2) is 5.55. The van der Waals surface area contributed by atoms with E-state index in [1.54, 1.807) is 6.07 Å². The van der Waals surface area contributed by atoms with E-state index >= 15 is 0 Å². The predicted octanol–water partition coefficient (Wildman–Crippen LogP) is 4.70. The van der Waals surface area contributed by atoms with Crippen LogP contribution < -0.4 is 0 Å². The van der Waals surface area contributed by atoms with Crippen LogP contribution in [0.25, 0.3) is 10.8 Å². The van der Waals surface area contributed by atoms with Crippen LogP contribution in [-0.2, 0) is 0 Å². The Balaban J connectivity index is 0.000000606. The minimum Gasteiger partial charge on any atom is -0.508 e. The molecule has 0 unspecified atom stereocenters. The number of hydrogen-bond donors (Lipinski definition) is 1. The molecule has 0 saturated carbocycles. The normalized spacial score (nSPS) is 10.1. The van der Waals surface area contributed by atoms with Crippen LogP contribution in [0.15, 0.2) is 36.4 Å². The molecule has 2 aromatic carbocycles. The number of hydrogen-bond acceptors (Lipinski definition) is 1. The van der Waals surface area contributed by atoms with Gasteiger partial charge in [-0.25, -0.2) is 0 Å². The van der Waals surface area contributed by atoms with Gasteiger partial charge in [-0.1, -0.05) is 52.0 Å². The van der Waals surface area contributed by atoms with Gasteiger partial charge in [0.1, 0.15) is 5.75 Å². The largest absolute Gasteiger partial charge is 0.508 e. The van der Waals surface area contributed by atoms with Gasteiger partial charge in [-0.3, -0.25) is 0 Å². The molecule has 0 aliphatic heterocycles. The van der Waals surface area contributed by atoms with Crippen molar-refractivity contribution in [3.63, 3.8) is 0 Å². The van der Waals surface area contributed by atoms with Gasteiger partial charge in [-0.2, -0.15) is 0 Å². The highest BCUT2D eigenvalue weighted by molar-refractivity contribution is 5.87. The second-order valence-electron chi connectivity index (χ2n) is 3.91. The molecule has 1 N–H and O–H groups in total. The summed E-state index contributed by atoms with van der Waals surface area (Å²) in [7, 11) is 0. The summed E-state index contributed by atoms with van der Waals surface area (Å²) in [5.74, 6) is 0.791. The first-order chi connectivity index (χ1) is 7.68. The molecule has 1 heteroatoms. The first-order valence-corrected chi connectivity index (χ1v) is 5.90. The maximum atomic E-state index is 9.56. The fraction of sp³-hybridized carbons (Fsp3) is 0.333. The molecule has 0 fully saturated rings. The molecule has 0 saturated heterocycles. The van der Waals surface area contributed by atoms with Crippen molar-refractivity contribution in [2.24, 2.45) is 0 Å². The van der Waals surface area contributed by atoms with E-state index in [0.717, 1.165) is 5.39 Å². The molecule has 0 amide bonds. The van der Waals surface area contributed by atoms with Gasteiger partial charge in [-0.15, -0.1) is 0 Å². The van der Waals surface area contributed by atoms with Crippen LogP contribution in [-0.4, -0.2) is 5.11 Å². The number of rotatable bonds is 1. The summed E-state index contributed by atoms with van der Waals surface area (Å²) >= 11 is 0. The lowest BCUT2D eigenvalue weighted by Gasteiger charge is -2.10. The van der Waals surface area contributed by atoms with Crippen molar-refractivity contribution in [1.29, 1.82) is 0 Å². The van der Waals surface area contributed by atoms with Crippen molar-refractivity contribution in [3.05, 3.63) is 42.0 Å². The van der Waals surface area contributed by atoms with Gasteiger partial charge in [0.25, 0.3) is 0 Å². The molecule has 0 aliphatic carbocycles. The molecule has 0 aromatic heterocycles. The summed E-state index contributed by atoms with van der Waals surface area (Å²) in [5, 5.41) is 11.9. The molecule has 86 valence electrons. The van der Waals surface area contributed by atoms with Crippen LogP contribution in [0.5, 0.6) is 5.75 Å². The molecular formula is C15H20O. The van der Waals surface area contributed by atoms with Gasteiger partial charge >= 0.3 is 0 Å². The Morgan fingerprint density at radius 1 is 1.00 bits per heavy atom. The number of fused-ring (bicyclic) bond motifs is 1. The molecule has 2 rings (SSSR count). The second-order valence-corrected chi connectivity index (χ2v) is 3.91. The third-order valence-corrected chi connectivity index (χ3v) is 2.50. The molecule has 1 nitrogen and oxygen atoms in total. The van der Waals surface area contributed by atoms with E-state index in [-0.39, 0.29) is 0 Å². The van der Waals surface area contributed by atoms with Crippen molar-refractivity contribution >= 4 is 10.8 Å². The van der Waals surface area contributed by atoms with E-state index in [4.69, 9.17) is 0 Å². The van der Waals surface area contributed by atoms with Crippen LogP contribution in [0.1, 0.15) is 39.2 Å². The van der Waals surface area contributed by atoms with Gasteiger partial charge in [0, 0.05) is 0 Å². The molecule has 16 heavy (non-hydrogen) atoms. The topological polar surface area (TPSA) is 20.2 Å². The molecule has 0 heterocycles. The minimum atomic E-state index is 0.354. The van der Waals surface area contributed by atoms with Crippen LogP contribution in [0.4, 0.5) is 0 Å². The summed E-state index contributed by atoms with van der Waals surface area (Å²) in [6.07, 6.45) is 0. The summed E-state index contributed by atoms with van der Waals surface area (Å²) in [5.41, 5.74) is 1.21. The Kier molecular flexibility index (Phi) is 4.36. The van der Waals surface area contributed by atoms with Crippen LogP contribution in [0.3, 0.4) is 0 Å². The van der Waals surface area contributed by atoms with Crippen LogP contribution in [0.2, 0.25) is 0 Å². The Morgan fingerprint density at radius 3 is 2.25 bits per heavy atom. The Morgan fingerprint density at radius 2 is 1.62 bits per heavy atom. The molecule has 0 aliphatic rings. The van der Waals surface area contributed by atoms with Crippen molar-refractivity contribution in [3.8, 4) is 5.75 Å². The average Bonchev–Trinajstić information content (AvgIpc) is 2.30. The fourth-order valence-electron chi connectivity index (χ4n) is 1.80. The van der Waals surface area contributed by atoms with Crippen molar-refractivity contribution in [2.45, 2.75) is 33.6 Å². The van der Waals surface area contributed by atoms with E-state index in [0.29, 0.717) is 11.7 Å². The monoisotopic (exact) mass is 216 g/mol. The fourth-order valence-corrected chi connectivity index (χ4v) is 1.80. The summed E-state index contributed by atoms with van der Waals surface area (Å²) in [4.78, 5) is 0. The number of benzene rings is 2. The average molecular weight is 216 g/mol. The third kappa shape index (κ3) is 2.54. The van der Waals surface area contributed by atoms with E-state index in [1.165, 1.54) is 10.9 Å². The molecule has 0 bridgehead atoms. The highest BCUT2D eigenvalue weighted by Crippen LogP contribution is 2.29. The van der Waals surface area contributed by atoms with E-state index < -0.39 is 0 Å². The lowest BCUT2D eigenvalue weighted by molar-refractivity contribution is 0.475. The van der Waals surface area contributed by atoms with Gasteiger partial charge in [0.2, 0.25) is 0 Å². The lowest BCUT2D eigenvalue weighted by atomic mass is 9.96. The smallest absolute Gasteiger partial charge is 0.116 e. The van der Waals surface area contributed by atoms with Gasteiger partial charge < -0.3 is 5.11 Å². The first-order valence-electron chi connectivity index (χ1n) is 5.90. The maximum Gasteiger partial charge on any atom is 0.116 e. The summed E-state index contributed by atoms with van der Waals surface area (Å²) < 4.78 is 0. The SMILES string of the molecule is CC.CC(C)c1cc(O)cc2ccccc12. The lowest BCUT2D eigenvalue weighted by Crippen LogP contribution is -1.89. The molecular weight excluding hydrogens is 196 g/mol. The van der Waals surface area contributed by atoms with E-state index in [9.17, 15) is 5.11 Å². The zero-order chi connectivity index (χ0) is 12.1. The van der Waals surface area contributed by atoms with Crippen LogP contribution >= 0.6 is 0 Å². The summed E-state index contributed by atoms with van der Waals surface area (Å²) in [6.45, 7) is 8.28. The van der Waals surface area contributed by atoms with Gasteiger partial charge in [0.15, 0.2) is 0 Å². The van der Waals surface area contributed by atoms with Crippen molar-refractivity contribution in [2.75, 3.05) is 0 Å². The van der Waals surface area contributed by atoms with Crippen molar-refractivity contribution in [1.82, 2.24) is 0 Å². The molecule has 0 spiro atoms. The highest BCUT2D eigenvalue weighted by Gasteiger charge is 2.06. The molecule has 0 radical (unpaired) electrons. The quantitative estimate of drug-likeness (QED) is 0.732. The Labute approximate surface area is 97.7 Å². The van der Waals surface area contributed by atoms with E-state index in [1.807, 2.05) is 38.1 Å². The predicted molar refractivity (Wildman–Crippen MR) is 71.0 cm³/mol. The standard InChI is InChI=1S/C13H14O.C2H6/c1-9(2)13-8-11(14)7-10-5-3-4-6-12(10)13;1-2/h3-9,14H,1-2H3;1-2H3. The first kappa shape index (κ1) is 12.6.